The normalized spacial score (nSPS) is 11.5. The third-order valence-corrected chi connectivity index (χ3v) is 13.0. The number of benzene rings is 7. The summed E-state index contributed by atoms with van der Waals surface area (Å²) in [7, 11) is 1.80. The van der Waals surface area contributed by atoms with E-state index in [4.69, 9.17) is 14.8 Å². The first-order valence-electron chi connectivity index (χ1n) is 24.8. The number of hydrogen-bond donors (Lipinski definition) is 0. The molecule has 0 saturated heterocycles. The molecular weight excluding hydrogens is 1070 g/mol. The second-order valence-electron chi connectivity index (χ2n) is 17.4. The average Bonchev–Trinajstić information content (AvgIpc) is 4.11. The van der Waals surface area contributed by atoms with Gasteiger partial charge in [-0.25, -0.2) is 6.72 Å². The standard InChI is InChI=1S/C49H37N4O.C11H14.C4H8.C2H4.CH2N.W/c1-4-31(2)36-18-12-19-41-42-29-35(52-43-20-8-5-15-37(43)38-16-6-9-21-44(38)52)24-26-45(42)53(48(36)41)34-14-11-13-32(27-34)30-51-49(50-3)33-23-25-40-39-17-7-10-22-46(39)54-47(40)28-33;1-3-4-8-11-9-6-5-7-10(11)2;1-3-4-2;2*1-2;/h4-9,11-21,23-29H,1-2,10,22,30H2,3H3;3-7,9H,8H2,1-2H3;3H,1,4H2,2H3;1-2H2;1H2;/q-1;;;;-1;+2/b;4-3-;;;;. The van der Waals surface area contributed by atoms with Crippen molar-refractivity contribution in [1.29, 1.82) is 0 Å². The van der Waals surface area contributed by atoms with E-state index in [9.17, 15) is 0 Å². The molecule has 74 heavy (non-hydrogen) atoms. The molecular formula is C67H65N5OW. The smallest absolute Gasteiger partial charge is 0.817 e. The van der Waals surface area contributed by atoms with E-state index >= 15 is 0 Å². The monoisotopic (exact) mass is 1140 g/mol. The first-order chi connectivity index (χ1) is 35.9. The third kappa shape index (κ3) is 11.6. The molecule has 0 spiro atoms. The van der Waals surface area contributed by atoms with Crippen LogP contribution in [0.4, 0.5) is 0 Å². The first kappa shape index (κ1) is 55.3. The van der Waals surface area contributed by atoms with Crippen LogP contribution in [-0.2, 0) is 40.5 Å². The molecule has 10 aromatic rings. The number of hydrogen-bond acceptors (Lipinski definition) is 2. The number of aliphatic imine (C=N–C) groups is 1. The summed E-state index contributed by atoms with van der Waals surface area (Å²) in [6.45, 7) is 27.0. The summed E-state index contributed by atoms with van der Waals surface area (Å²) >= 11 is 0. The molecule has 0 radical (unpaired) electrons. The maximum atomic E-state index is 6.75. The molecule has 7 aromatic carbocycles. The van der Waals surface area contributed by atoms with Crippen molar-refractivity contribution >= 4 is 78.8 Å². The average molecular weight is 1140 g/mol. The number of aromatic nitrogens is 2. The van der Waals surface area contributed by atoms with Gasteiger partial charge in [-0.15, -0.1) is 19.7 Å². The Morgan fingerprint density at radius 1 is 0.730 bits per heavy atom. The molecule has 3 heterocycles. The van der Waals surface area contributed by atoms with Gasteiger partial charge in [-0.2, -0.15) is 0 Å². The molecule has 0 unspecified atom stereocenters. The molecule has 0 bridgehead atoms. The number of allylic oxidation sites excluding steroid dienone is 6. The van der Waals surface area contributed by atoms with Crippen LogP contribution in [0.3, 0.4) is 0 Å². The number of furan rings is 1. The van der Waals surface area contributed by atoms with Crippen molar-refractivity contribution in [2.24, 2.45) is 4.99 Å². The Morgan fingerprint density at radius 3 is 2.05 bits per heavy atom. The van der Waals surface area contributed by atoms with Crippen LogP contribution in [0.5, 0.6) is 0 Å². The topological polar surface area (TPSA) is 71.8 Å². The number of fused-ring (bicyclic) bond motifs is 9. The van der Waals surface area contributed by atoms with Gasteiger partial charge in [0.05, 0.1) is 22.1 Å². The summed E-state index contributed by atoms with van der Waals surface area (Å²) < 4.78 is 11.0. The summed E-state index contributed by atoms with van der Waals surface area (Å²) in [5, 5.41) is 17.3. The molecule has 370 valence electrons. The molecule has 1 aliphatic rings. The molecule has 1 aliphatic carbocycles. The van der Waals surface area contributed by atoms with Gasteiger partial charge in [0.25, 0.3) is 0 Å². The van der Waals surface area contributed by atoms with E-state index in [2.05, 4.69) is 251 Å². The molecule has 0 amide bonds. The maximum absolute atomic E-state index is 6.75. The summed E-state index contributed by atoms with van der Waals surface area (Å²) in [6.07, 6.45) is 16.5. The van der Waals surface area contributed by atoms with Crippen LogP contribution in [0.1, 0.15) is 65.8 Å². The first-order valence-corrected chi connectivity index (χ1v) is 24.8. The van der Waals surface area contributed by atoms with Gasteiger partial charge in [-0.3, -0.25) is 0 Å². The van der Waals surface area contributed by atoms with E-state index in [0.29, 0.717) is 12.4 Å². The van der Waals surface area contributed by atoms with E-state index in [-0.39, 0.29) is 21.1 Å². The second kappa shape index (κ2) is 26.6. The maximum Gasteiger partial charge on any atom is 2.00 e. The van der Waals surface area contributed by atoms with E-state index in [1.165, 1.54) is 43.9 Å². The zero-order chi connectivity index (χ0) is 51.9. The number of rotatable bonds is 10. The van der Waals surface area contributed by atoms with E-state index < -0.39 is 0 Å². The summed E-state index contributed by atoms with van der Waals surface area (Å²) in [5.41, 5.74) is 15.6. The number of nitrogens with zero attached hydrogens (tertiary/aromatic N) is 5. The number of amidine groups is 1. The Kier molecular flexibility index (Phi) is 19.9. The fourth-order valence-corrected chi connectivity index (χ4v) is 9.46. The third-order valence-electron chi connectivity index (χ3n) is 13.0. The van der Waals surface area contributed by atoms with E-state index in [1.807, 2.05) is 12.2 Å². The Morgan fingerprint density at radius 2 is 1.38 bits per heavy atom. The van der Waals surface area contributed by atoms with Crippen LogP contribution in [0.15, 0.2) is 224 Å². The predicted octanol–water partition coefficient (Wildman–Crippen LogP) is 18.5. The molecule has 11 rings (SSSR count). The minimum absolute atomic E-state index is 0. The minimum atomic E-state index is 0. The molecule has 7 heteroatoms. The van der Waals surface area contributed by atoms with Crippen molar-refractivity contribution < 1.29 is 25.5 Å². The molecule has 0 aliphatic heterocycles. The van der Waals surface area contributed by atoms with Crippen LogP contribution >= 0.6 is 0 Å². The van der Waals surface area contributed by atoms with Gasteiger partial charge in [0.15, 0.2) is 0 Å². The Bertz CT molecular complexity index is 3610. The second-order valence-corrected chi connectivity index (χ2v) is 17.4. The van der Waals surface area contributed by atoms with Crippen molar-refractivity contribution in [2.75, 3.05) is 7.05 Å². The van der Waals surface area contributed by atoms with Gasteiger partial charge in [0, 0.05) is 55.9 Å². The molecule has 0 N–H and O–H groups in total. The van der Waals surface area contributed by atoms with Crippen LogP contribution < -0.4 is 0 Å². The number of aryl methyl sites for hydroxylation is 2. The van der Waals surface area contributed by atoms with Gasteiger partial charge in [0.1, 0.15) is 11.3 Å². The minimum Gasteiger partial charge on any atom is -0.817 e. The molecule has 6 nitrogen and oxygen atoms in total. The molecule has 0 atom stereocenters. The fraction of sp³-hybridized carbons (Fsp3) is 0.134. The van der Waals surface area contributed by atoms with Crippen LogP contribution in [0, 0.1) is 6.92 Å². The van der Waals surface area contributed by atoms with Gasteiger partial charge >= 0.3 is 21.1 Å². The van der Waals surface area contributed by atoms with Crippen LogP contribution in [0.2, 0.25) is 0 Å². The zero-order valence-corrected chi connectivity index (χ0v) is 46.2. The SMILES string of the molecule is C/C=C\Cc1ccccc1C.C=C.C=CC(=C)c1cccc2c3cc(-n4c5ccccc5c5ccccc54)ccc3n(-c3cccc(CN=C([N-]C)c4ccc5c6c(oc5c4)CCC=C6)c3)c12.C=CCC.C=[N-].[W+2]. The Labute approximate surface area is 451 Å². The Balaban J connectivity index is 0.000000383. The Hall–Kier alpha value is -8.05. The van der Waals surface area contributed by atoms with Gasteiger partial charge in [-0.05, 0) is 122 Å². The zero-order valence-electron chi connectivity index (χ0n) is 43.2. The van der Waals surface area contributed by atoms with Crippen molar-refractivity contribution in [3.63, 3.8) is 0 Å². The van der Waals surface area contributed by atoms with Crippen LogP contribution in [-0.4, -0.2) is 28.7 Å². The van der Waals surface area contributed by atoms with Crippen molar-refractivity contribution in [1.82, 2.24) is 9.13 Å². The summed E-state index contributed by atoms with van der Waals surface area (Å²) in [5.74, 6) is 1.76. The quantitative estimate of drug-likeness (QED) is 0.0582. The number of para-hydroxylation sites is 3. The molecule has 3 aromatic heterocycles. The van der Waals surface area contributed by atoms with Gasteiger partial charge in [0.2, 0.25) is 0 Å². The van der Waals surface area contributed by atoms with Crippen molar-refractivity contribution in [3.8, 4) is 11.4 Å². The fourth-order valence-electron chi connectivity index (χ4n) is 9.46. The van der Waals surface area contributed by atoms with Crippen LogP contribution in [0.25, 0.3) is 88.3 Å². The van der Waals surface area contributed by atoms with E-state index in [1.54, 1.807) is 7.05 Å². The van der Waals surface area contributed by atoms with Crippen molar-refractivity contribution in [3.05, 3.63) is 265 Å². The largest absolute Gasteiger partial charge is 2.00 e. The predicted molar refractivity (Wildman–Crippen MR) is 319 cm³/mol. The van der Waals surface area contributed by atoms with E-state index in [0.717, 1.165) is 92.5 Å². The van der Waals surface area contributed by atoms with Gasteiger partial charge < -0.3 is 29.3 Å². The molecule has 0 fully saturated rings. The molecule has 0 saturated carbocycles. The van der Waals surface area contributed by atoms with Crippen molar-refractivity contribution in [2.45, 2.75) is 53.0 Å². The summed E-state index contributed by atoms with van der Waals surface area (Å²) in [6, 6.07) is 54.1. The summed E-state index contributed by atoms with van der Waals surface area (Å²) in [4.78, 5) is 5.02. The van der Waals surface area contributed by atoms with Gasteiger partial charge in [-0.1, -0.05) is 166 Å².